The number of hydrogen-bond donors (Lipinski definition) is 2. The minimum Gasteiger partial charge on any atom is -0.495 e. The van der Waals surface area contributed by atoms with Crippen molar-refractivity contribution in [2.24, 2.45) is 11.8 Å². The second-order valence-corrected chi connectivity index (χ2v) is 7.02. The molecule has 0 aromatic heterocycles. The molecule has 2 aliphatic rings. The highest BCUT2D eigenvalue weighted by Crippen LogP contribution is 2.32. The number of benzene rings is 1. The fourth-order valence-corrected chi connectivity index (χ4v) is 3.32. The lowest BCUT2D eigenvalue weighted by atomic mass is 9.81. The molecule has 0 atom stereocenters. The molecule has 0 unspecified atom stereocenters. The van der Waals surface area contributed by atoms with E-state index in [1.165, 1.54) is 0 Å². The van der Waals surface area contributed by atoms with Gasteiger partial charge in [-0.15, -0.1) is 0 Å². The number of amides is 2. The first-order valence-electron chi connectivity index (χ1n) is 8.82. The van der Waals surface area contributed by atoms with Gasteiger partial charge in [0, 0.05) is 17.9 Å². The summed E-state index contributed by atoms with van der Waals surface area (Å²) in [7, 11) is 1.60. The number of carbonyl (C=O) groups is 2. The van der Waals surface area contributed by atoms with Gasteiger partial charge in [-0.1, -0.05) is 6.07 Å². The highest BCUT2D eigenvalue weighted by Gasteiger charge is 2.32. The van der Waals surface area contributed by atoms with Gasteiger partial charge in [-0.25, -0.2) is 0 Å². The molecule has 2 saturated carbocycles. The zero-order chi connectivity index (χ0) is 17.1. The molecule has 5 nitrogen and oxygen atoms in total. The lowest BCUT2D eigenvalue weighted by molar-refractivity contribution is -0.128. The van der Waals surface area contributed by atoms with Crippen LogP contribution in [-0.4, -0.2) is 25.0 Å². The molecule has 0 spiro atoms. The van der Waals surface area contributed by atoms with Gasteiger partial charge in [-0.2, -0.15) is 0 Å². The Bertz CT molecular complexity index is 617. The molecule has 2 aliphatic carbocycles. The summed E-state index contributed by atoms with van der Waals surface area (Å²) in [6.07, 6.45) is 5.35. The van der Waals surface area contributed by atoms with Crippen LogP contribution < -0.4 is 15.4 Å². The second kappa shape index (κ2) is 7.24. The van der Waals surface area contributed by atoms with E-state index in [1.54, 1.807) is 7.11 Å². The Balaban J connectivity index is 1.53. The molecule has 0 heterocycles. The summed E-state index contributed by atoms with van der Waals surface area (Å²) in [5.74, 6) is 0.923. The largest absolute Gasteiger partial charge is 0.495 e. The number of anilines is 1. The van der Waals surface area contributed by atoms with Gasteiger partial charge in [-0.3, -0.25) is 9.59 Å². The van der Waals surface area contributed by atoms with Gasteiger partial charge in [0.25, 0.3) is 0 Å². The maximum atomic E-state index is 12.5. The Labute approximate surface area is 143 Å². The highest BCUT2D eigenvalue weighted by molar-refractivity contribution is 5.94. The van der Waals surface area contributed by atoms with Crippen molar-refractivity contribution in [1.29, 1.82) is 0 Å². The lowest BCUT2D eigenvalue weighted by Gasteiger charge is -2.27. The van der Waals surface area contributed by atoms with Crippen molar-refractivity contribution in [3.05, 3.63) is 23.8 Å². The van der Waals surface area contributed by atoms with Gasteiger partial charge in [0.05, 0.1) is 12.8 Å². The molecule has 0 aliphatic heterocycles. The minimum atomic E-state index is -0.0276. The molecule has 0 radical (unpaired) electrons. The number of methoxy groups -OCH3 is 1. The first-order chi connectivity index (χ1) is 11.6. The average Bonchev–Trinajstić information content (AvgIpc) is 3.39. The Morgan fingerprint density at radius 3 is 2.21 bits per heavy atom. The van der Waals surface area contributed by atoms with Crippen LogP contribution in [0, 0.1) is 18.8 Å². The van der Waals surface area contributed by atoms with Crippen LogP contribution in [0.3, 0.4) is 0 Å². The van der Waals surface area contributed by atoms with E-state index in [0.29, 0.717) is 11.8 Å². The van der Waals surface area contributed by atoms with E-state index in [4.69, 9.17) is 4.74 Å². The zero-order valence-electron chi connectivity index (χ0n) is 14.4. The lowest BCUT2D eigenvalue weighted by Crippen LogP contribution is -2.36. The van der Waals surface area contributed by atoms with Crippen molar-refractivity contribution in [3.8, 4) is 5.75 Å². The van der Waals surface area contributed by atoms with Gasteiger partial charge in [0.1, 0.15) is 5.75 Å². The summed E-state index contributed by atoms with van der Waals surface area (Å²) in [5, 5.41) is 6.07. The molecule has 1 aromatic carbocycles. The van der Waals surface area contributed by atoms with Crippen LogP contribution in [0.25, 0.3) is 0 Å². The molecule has 5 heteroatoms. The normalized spacial score (nSPS) is 23.4. The SMILES string of the molecule is COc1ccc(C)cc1NC(=O)C1CCC(C(=O)NC2CC2)CC1. The Kier molecular flexibility index (Phi) is 5.07. The molecule has 1 aromatic rings. The van der Waals surface area contributed by atoms with Crippen LogP contribution in [0.2, 0.25) is 0 Å². The van der Waals surface area contributed by atoms with Crippen LogP contribution in [0.5, 0.6) is 5.75 Å². The van der Waals surface area contributed by atoms with Crippen molar-refractivity contribution in [1.82, 2.24) is 5.32 Å². The van der Waals surface area contributed by atoms with E-state index in [2.05, 4.69) is 10.6 Å². The molecule has 0 saturated heterocycles. The first-order valence-corrected chi connectivity index (χ1v) is 8.82. The maximum Gasteiger partial charge on any atom is 0.227 e. The van der Waals surface area contributed by atoms with E-state index in [9.17, 15) is 9.59 Å². The van der Waals surface area contributed by atoms with Gasteiger partial charge < -0.3 is 15.4 Å². The molecule has 0 bridgehead atoms. The van der Waals surface area contributed by atoms with Gasteiger partial charge >= 0.3 is 0 Å². The number of nitrogens with one attached hydrogen (secondary N) is 2. The fraction of sp³-hybridized carbons (Fsp3) is 0.579. The summed E-state index contributed by atoms with van der Waals surface area (Å²) >= 11 is 0. The minimum absolute atomic E-state index is 0.0276. The Morgan fingerprint density at radius 1 is 1.00 bits per heavy atom. The van der Waals surface area contributed by atoms with Gasteiger partial charge in [-0.05, 0) is 63.1 Å². The van der Waals surface area contributed by atoms with Crippen LogP contribution in [0.1, 0.15) is 44.1 Å². The topological polar surface area (TPSA) is 67.4 Å². The number of carbonyl (C=O) groups excluding carboxylic acids is 2. The first kappa shape index (κ1) is 16.8. The average molecular weight is 330 g/mol. The molecular formula is C19H26N2O3. The molecular weight excluding hydrogens is 304 g/mol. The van der Waals surface area contributed by atoms with Crippen LogP contribution >= 0.6 is 0 Å². The zero-order valence-corrected chi connectivity index (χ0v) is 14.4. The maximum absolute atomic E-state index is 12.5. The van der Waals surface area contributed by atoms with Crippen molar-refractivity contribution < 1.29 is 14.3 Å². The number of ether oxygens (including phenoxy) is 1. The predicted molar refractivity (Wildman–Crippen MR) is 93.0 cm³/mol. The van der Waals surface area contributed by atoms with Gasteiger partial charge in [0.15, 0.2) is 0 Å². The monoisotopic (exact) mass is 330 g/mol. The second-order valence-electron chi connectivity index (χ2n) is 7.02. The quantitative estimate of drug-likeness (QED) is 0.872. The summed E-state index contributed by atoms with van der Waals surface area (Å²) < 4.78 is 5.31. The third-order valence-corrected chi connectivity index (χ3v) is 5.01. The van der Waals surface area contributed by atoms with Gasteiger partial charge in [0.2, 0.25) is 11.8 Å². The van der Waals surface area contributed by atoms with E-state index < -0.39 is 0 Å². The van der Waals surface area contributed by atoms with Crippen molar-refractivity contribution >= 4 is 17.5 Å². The summed E-state index contributed by atoms with van der Waals surface area (Å²) in [4.78, 5) is 24.7. The standard InChI is InChI=1S/C19H26N2O3/c1-12-3-10-17(24-2)16(11-12)21-19(23)14-6-4-13(5-7-14)18(22)20-15-8-9-15/h3,10-11,13-15H,4-9H2,1-2H3,(H,20,22)(H,21,23). The molecule has 2 amide bonds. The van der Waals surface area contributed by atoms with E-state index in [-0.39, 0.29) is 23.7 Å². The summed E-state index contributed by atoms with van der Waals surface area (Å²) in [6.45, 7) is 1.98. The van der Waals surface area contributed by atoms with Crippen LogP contribution in [-0.2, 0) is 9.59 Å². The third-order valence-electron chi connectivity index (χ3n) is 5.01. The van der Waals surface area contributed by atoms with E-state index >= 15 is 0 Å². The smallest absolute Gasteiger partial charge is 0.227 e. The van der Waals surface area contributed by atoms with Crippen LogP contribution in [0.4, 0.5) is 5.69 Å². The van der Waals surface area contributed by atoms with Crippen LogP contribution in [0.15, 0.2) is 18.2 Å². The van der Waals surface area contributed by atoms with E-state index in [0.717, 1.165) is 49.8 Å². The number of aryl methyl sites for hydroxylation is 1. The molecule has 130 valence electrons. The fourth-order valence-electron chi connectivity index (χ4n) is 3.32. The summed E-state index contributed by atoms with van der Waals surface area (Å²) in [5.41, 5.74) is 1.79. The van der Waals surface area contributed by atoms with E-state index in [1.807, 2.05) is 25.1 Å². The van der Waals surface area contributed by atoms with Crippen molar-refractivity contribution in [2.75, 3.05) is 12.4 Å². The summed E-state index contributed by atoms with van der Waals surface area (Å²) in [6, 6.07) is 6.15. The highest BCUT2D eigenvalue weighted by atomic mass is 16.5. The third kappa shape index (κ3) is 4.08. The van der Waals surface area contributed by atoms with Crippen molar-refractivity contribution in [2.45, 2.75) is 51.5 Å². The molecule has 2 fully saturated rings. The number of rotatable bonds is 5. The Morgan fingerprint density at radius 2 is 1.62 bits per heavy atom. The van der Waals surface area contributed by atoms with Crippen molar-refractivity contribution in [3.63, 3.8) is 0 Å². The predicted octanol–water partition coefficient (Wildman–Crippen LogP) is 3.03. The molecule has 24 heavy (non-hydrogen) atoms. The number of hydrogen-bond acceptors (Lipinski definition) is 3. The molecule has 3 rings (SSSR count). The Hall–Kier alpha value is -2.04. The molecule has 2 N–H and O–H groups in total.